The average Bonchev–Trinajstić information content (AvgIpc) is 3.16. The molecule has 1 saturated heterocycles. The Bertz CT molecular complexity index is 589. The molecule has 1 aromatic carbocycles. The van der Waals surface area contributed by atoms with Crippen LogP contribution in [0.4, 0.5) is 4.39 Å². The minimum absolute atomic E-state index is 0.167. The van der Waals surface area contributed by atoms with E-state index in [1.807, 2.05) is 25.1 Å². The van der Waals surface area contributed by atoms with Gasteiger partial charge in [-0.1, -0.05) is 6.07 Å². The average molecular weight is 381 g/mol. The van der Waals surface area contributed by atoms with Gasteiger partial charge in [0.2, 0.25) is 0 Å². The number of rotatable bonds is 10. The van der Waals surface area contributed by atoms with Gasteiger partial charge in [-0.2, -0.15) is 0 Å². The molecule has 152 valence electrons. The number of nitrogens with zero attached hydrogens (tertiary/aromatic N) is 2. The van der Waals surface area contributed by atoms with Crippen LogP contribution < -0.4 is 10.6 Å². The van der Waals surface area contributed by atoms with Gasteiger partial charge >= 0.3 is 0 Å². The zero-order valence-electron chi connectivity index (χ0n) is 16.8. The number of hydrogen-bond donors (Lipinski definition) is 2. The van der Waals surface area contributed by atoms with Crippen LogP contribution >= 0.6 is 0 Å². The Kier molecular flexibility index (Phi) is 9.52. The number of nitrogens with one attached hydrogen (secondary N) is 2. The third kappa shape index (κ3) is 8.24. The summed E-state index contributed by atoms with van der Waals surface area (Å²) in [5.41, 5.74) is 1.73. The van der Waals surface area contributed by atoms with Crippen molar-refractivity contribution in [2.24, 2.45) is 10.9 Å². The summed E-state index contributed by atoms with van der Waals surface area (Å²) in [6, 6.07) is 5.23. The Morgan fingerprint density at radius 3 is 2.93 bits per heavy atom. The van der Waals surface area contributed by atoms with Crippen molar-refractivity contribution < 1.29 is 13.9 Å². The lowest BCUT2D eigenvalue weighted by Crippen LogP contribution is -2.37. The predicted molar refractivity (Wildman–Crippen MR) is 106 cm³/mol. The first-order valence-corrected chi connectivity index (χ1v) is 9.60. The molecule has 1 aromatic rings. The highest BCUT2D eigenvalue weighted by Gasteiger charge is 2.15. The largest absolute Gasteiger partial charge is 0.381 e. The smallest absolute Gasteiger partial charge is 0.191 e. The van der Waals surface area contributed by atoms with Crippen LogP contribution in [0.25, 0.3) is 0 Å². The van der Waals surface area contributed by atoms with Gasteiger partial charge in [0.25, 0.3) is 0 Å². The van der Waals surface area contributed by atoms with E-state index >= 15 is 0 Å². The molecule has 2 rings (SSSR count). The molecule has 1 atom stereocenters. The van der Waals surface area contributed by atoms with Gasteiger partial charge in [-0.3, -0.25) is 4.99 Å². The molecule has 2 N–H and O–H groups in total. The van der Waals surface area contributed by atoms with Crippen LogP contribution in [0.15, 0.2) is 23.2 Å². The van der Waals surface area contributed by atoms with E-state index in [2.05, 4.69) is 15.6 Å². The summed E-state index contributed by atoms with van der Waals surface area (Å²) >= 11 is 0. The van der Waals surface area contributed by atoms with Gasteiger partial charge < -0.3 is 25.0 Å². The Morgan fingerprint density at radius 2 is 2.22 bits per heavy atom. The fourth-order valence-electron chi connectivity index (χ4n) is 2.95. The quantitative estimate of drug-likeness (QED) is 0.369. The van der Waals surface area contributed by atoms with Gasteiger partial charge in [-0.05, 0) is 44.6 Å². The van der Waals surface area contributed by atoms with Crippen molar-refractivity contribution in [2.75, 3.05) is 54.1 Å². The molecule has 1 heterocycles. The summed E-state index contributed by atoms with van der Waals surface area (Å²) < 4.78 is 24.9. The fraction of sp³-hybridized carbons (Fsp3) is 0.650. The van der Waals surface area contributed by atoms with Gasteiger partial charge in [0, 0.05) is 51.4 Å². The van der Waals surface area contributed by atoms with Crippen LogP contribution in [-0.4, -0.2) is 65.0 Å². The van der Waals surface area contributed by atoms with Crippen molar-refractivity contribution in [3.8, 4) is 0 Å². The van der Waals surface area contributed by atoms with Crippen LogP contribution in [0.3, 0.4) is 0 Å². The van der Waals surface area contributed by atoms with Crippen LogP contribution in [-0.2, 0) is 22.6 Å². The van der Waals surface area contributed by atoms with E-state index < -0.39 is 0 Å². The minimum atomic E-state index is -0.167. The van der Waals surface area contributed by atoms with Gasteiger partial charge in [0.15, 0.2) is 5.96 Å². The monoisotopic (exact) mass is 380 g/mol. The zero-order valence-corrected chi connectivity index (χ0v) is 16.8. The molecular formula is C20H33FN4O2. The lowest BCUT2D eigenvalue weighted by Gasteiger charge is -2.14. The lowest BCUT2D eigenvalue weighted by atomic mass is 10.1. The molecule has 1 fully saturated rings. The van der Waals surface area contributed by atoms with Crippen molar-refractivity contribution in [2.45, 2.75) is 25.9 Å². The van der Waals surface area contributed by atoms with Gasteiger partial charge in [-0.15, -0.1) is 0 Å². The predicted octanol–water partition coefficient (Wildman–Crippen LogP) is 2.00. The first-order valence-electron chi connectivity index (χ1n) is 9.60. The van der Waals surface area contributed by atoms with E-state index in [0.717, 1.165) is 57.3 Å². The SMILES string of the molecule is CN=C(NCCCOCC1CCOC1)NCc1ccc(F)c(CN(C)C)c1. The highest BCUT2D eigenvalue weighted by molar-refractivity contribution is 5.79. The van der Waals surface area contributed by atoms with Crippen molar-refractivity contribution in [1.82, 2.24) is 15.5 Å². The van der Waals surface area contributed by atoms with Gasteiger partial charge in [0.05, 0.1) is 13.2 Å². The molecule has 0 amide bonds. The molecular weight excluding hydrogens is 347 g/mol. The number of hydrogen-bond acceptors (Lipinski definition) is 4. The van der Waals surface area contributed by atoms with E-state index in [4.69, 9.17) is 9.47 Å². The first-order chi connectivity index (χ1) is 13.1. The number of guanidine groups is 1. The molecule has 0 radical (unpaired) electrons. The molecule has 0 aromatic heterocycles. The van der Waals surface area contributed by atoms with Crippen LogP contribution in [0.5, 0.6) is 0 Å². The molecule has 0 bridgehead atoms. The topological polar surface area (TPSA) is 58.1 Å². The second-order valence-electron chi connectivity index (χ2n) is 7.17. The van der Waals surface area contributed by atoms with Crippen LogP contribution in [0.1, 0.15) is 24.0 Å². The standard InChI is InChI=1S/C20H33FN4O2/c1-22-20(23-8-4-9-26-14-17-7-10-27-15-17)24-12-16-5-6-19(21)18(11-16)13-25(2)3/h5-6,11,17H,4,7-10,12-15H2,1-3H3,(H2,22,23,24). The normalized spacial score (nSPS) is 17.5. The maximum atomic E-state index is 13.9. The number of benzene rings is 1. The molecule has 1 aliphatic rings. The first kappa shape index (κ1) is 21.6. The molecule has 6 nitrogen and oxygen atoms in total. The Hall–Kier alpha value is -1.70. The molecule has 1 unspecified atom stereocenters. The molecule has 0 aliphatic carbocycles. The fourth-order valence-corrected chi connectivity index (χ4v) is 2.95. The molecule has 0 saturated carbocycles. The van der Waals surface area contributed by atoms with Crippen molar-refractivity contribution in [1.29, 1.82) is 0 Å². The van der Waals surface area contributed by atoms with Gasteiger partial charge in [0.1, 0.15) is 5.82 Å². The molecule has 27 heavy (non-hydrogen) atoms. The zero-order chi connectivity index (χ0) is 19.5. The van der Waals surface area contributed by atoms with E-state index in [9.17, 15) is 4.39 Å². The number of ether oxygens (including phenoxy) is 2. The Labute approximate surface area is 162 Å². The summed E-state index contributed by atoms with van der Waals surface area (Å²) in [5.74, 6) is 1.12. The van der Waals surface area contributed by atoms with E-state index in [0.29, 0.717) is 24.6 Å². The van der Waals surface area contributed by atoms with Crippen molar-refractivity contribution in [3.63, 3.8) is 0 Å². The number of aliphatic imine (C=N–C) groups is 1. The molecule has 0 spiro atoms. The summed E-state index contributed by atoms with van der Waals surface area (Å²) in [4.78, 5) is 6.18. The van der Waals surface area contributed by atoms with Crippen LogP contribution in [0, 0.1) is 11.7 Å². The Balaban J connectivity index is 1.64. The second kappa shape index (κ2) is 11.9. The summed E-state index contributed by atoms with van der Waals surface area (Å²) in [6.45, 7) is 5.17. The van der Waals surface area contributed by atoms with Crippen molar-refractivity contribution in [3.05, 3.63) is 35.1 Å². The summed E-state index contributed by atoms with van der Waals surface area (Å²) in [7, 11) is 5.61. The van der Waals surface area contributed by atoms with Gasteiger partial charge in [-0.25, -0.2) is 4.39 Å². The summed E-state index contributed by atoms with van der Waals surface area (Å²) in [6.07, 6.45) is 2.02. The Morgan fingerprint density at radius 1 is 1.37 bits per heavy atom. The maximum Gasteiger partial charge on any atom is 0.191 e. The number of halogens is 1. The van der Waals surface area contributed by atoms with E-state index in [-0.39, 0.29) is 5.82 Å². The molecule has 1 aliphatic heterocycles. The second-order valence-corrected chi connectivity index (χ2v) is 7.17. The van der Waals surface area contributed by atoms with Crippen molar-refractivity contribution >= 4 is 5.96 Å². The van der Waals surface area contributed by atoms with Crippen LogP contribution in [0.2, 0.25) is 0 Å². The third-order valence-electron chi connectivity index (χ3n) is 4.42. The third-order valence-corrected chi connectivity index (χ3v) is 4.42. The highest BCUT2D eigenvalue weighted by Crippen LogP contribution is 2.13. The summed E-state index contributed by atoms with van der Waals surface area (Å²) in [5, 5.41) is 6.55. The molecule has 7 heteroatoms. The van der Waals surface area contributed by atoms with E-state index in [1.165, 1.54) is 6.07 Å². The lowest BCUT2D eigenvalue weighted by molar-refractivity contribution is 0.0888. The maximum absolute atomic E-state index is 13.9. The van der Waals surface area contributed by atoms with E-state index in [1.54, 1.807) is 13.1 Å². The highest BCUT2D eigenvalue weighted by atomic mass is 19.1. The minimum Gasteiger partial charge on any atom is -0.381 e.